The number of carbonyl (C=O) groups is 5. The number of amides is 3. The molecule has 296 valence electrons. The molecule has 4 aromatic carbocycles. The molecule has 5 aromatic rings. The summed E-state index contributed by atoms with van der Waals surface area (Å²) in [5.74, 6) is -4.13. The number of aromatic nitrogens is 1. The van der Waals surface area contributed by atoms with Gasteiger partial charge in [-0.05, 0) is 42.3 Å². The number of nitrogen functional groups attached to an aromatic ring is 1. The Labute approximate surface area is 345 Å². The summed E-state index contributed by atoms with van der Waals surface area (Å²) >= 11 is 2.34. The van der Waals surface area contributed by atoms with Crippen molar-refractivity contribution in [2.24, 2.45) is 5.16 Å². The zero-order valence-electron chi connectivity index (χ0n) is 30.9. The molecule has 59 heavy (non-hydrogen) atoms. The number of carbonyl (C=O) groups excluding carboxylic acids is 3. The number of thiazole rings is 1. The molecule has 0 unspecified atom stereocenters. The highest BCUT2D eigenvalue weighted by Crippen LogP contribution is 2.43. The maximum absolute atomic E-state index is 14.3. The van der Waals surface area contributed by atoms with Gasteiger partial charge in [-0.1, -0.05) is 96.2 Å². The summed E-state index contributed by atoms with van der Waals surface area (Å²) in [6.45, 7) is 0.306. The van der Waals surface area contributed by atoms with Crippen molar-refractivity contribution in [2.75, 3.05) is 22.9 Å². The number of allylic oxidation sites excluding steroid dienone is 1. The highest BCUT2D eigenvalue weighted by atomic mass is 32.2. The van der Waals surface area contributed by atoms with Gasteiger partial charge in [0.1, 0.15) is 22.8 Å². The van der Waals surface area contributed by atoms with Gasteiger partial charge in [0.25, 0.3) is 17.7 Å². The molecule has 16 heteroatoms. The first kappa shape index (κ1) is 38.8. The number of carboxylic acid groups (broad SMARTS) is 2. The molecule has 4 heterocycles. The van der Waals surface area contributed by atoms with Gasteiger partial charge >= 0.3 is 11.9 Å². The Bertz CT molecular complexity index is 2460. The largest absolute Gasteiger partial charge is 0.478 e. The Balaban J connectivity index is 1.08. The van der Waals surface area contributed by atoms with Crippen molar-refractivity contribution < 1.29 is 39.0 Å². The van der Waals surface area contributed by atoms with Crippen LogP contribution in [0.3, 0.4) is 0 Å². The van der Waals surface area contributed by atoms with E-state index in [1.807, 2.05) is 91.0 Å². The number of nitrogens with two attached hydrogens (primary N) is 1. The van der Waals surface area contributed by atoms with E-state index in [-0.39, 0.29) is 45.0 Å². The van der Waals surface area contributed by atoms with E-state index in [0.29, 0.717) is 24.2 Å². The minimum absolute atomic E-state index is 0.0794. The maximum atomic E-state index is 14.3. The second-order valence-corrected chi connectivity index (χ2v) is 15.6. The normalized spacial score (nSPS) is 18.7. The van der Waals surface area contributed by atoms with E-state index in [1.54, 1.807) is 17.5 Å². The topological polar surface area (TPSA) is 205 Å². The summed E-state index contributed by atoms with van der Waals surface area (Å²) < 4.78 is 0. The van der Waals surface area contributed by atoms with E-state index >= 15 is 0 Å². The van der Waals surface area contributed by atoms with Crippen molar-refractivity contribution in [1.82, 2.24) is 15.2 Å². The third kappa shape index (κ3) is 7.23. The van der Waals surface area contributed by atoms with Gasteiger partial charge in [-0.2, -0.15) is 0 Å². The van der Waals surface area contributed by atoms with E-state index in [9.17, 15) is 34.2 Å². The summed E-state index contributed by atoms with van der Waals surface area (Å²) in [6, 6.07) is 33.0. The number of aliphatic carboxylic acids is 1. The summed E-state index contributed by atoms with van der Waals surface area (Å²) in [5, 5.41) is 27.8. The number of thioether (sulfide) groups is 1. The van der Waals surface area contributed by atoms with Crippen molar-refractivity contribution >= 4 is 69.3 Å². The lowest BCUT2D eigenvalue weighted by Gasteiger charge is -2.49. The van der Waals surface area contributed by atoms with E-state index in [1.165, 1.54) is 34.9 Å². The molecule has 0 radical (unpaired) electrons. The van der Waals surface area contributed by atoms with Gasteiger partial charge in [-0.3, -0.25) is 19.3 Å². The van der Waals surface area contributed by atoms with Crippen LogP contribution in [0.2, 0.25) is 0 Å². The first-order chi connectivity index (χ1) is 28.6. The van der Waals surface area contributed by atoms with E-state index in [2.05, 4.69) is 15.5 Å². The highest BCUT2D eigenvalue weighted by molar-refractivity contribution is 8.00. The molecule has 5 N–H and O–H groups in total. The number of benzene rings is 4. The minimum atomic E-state index is -1.36. The highest BCUT2D eigenvalue weighted by Gasteiger charge is 2.54. The van der Waals surface area contributed by atoms with E-state index in [0.717, 1.165) is 32.9 Å². The molecule has 14 nitrogen and oxygen atoms in total. The van der Waals surface area contributed by atoms with Crippen LogP contribution in [0.15, 0.2) is 149 Å². The zero-order chi connectivity index (χ0) is 41.3. The van der Waals surface area contributed by atoms with Crippen molar-refractivity contribution in [1.29, 1.82) is 0 Å². The predicted octanol–water partition coefficient (Wildman–Crippen LogP) is 5.24. The molecule has 2 fully saturated rings. The second kappa shape index (κ2) is 16.1. The first-order valence-electron chi connectivity index (χ1n) is 18.3. The Morgan fingerprint density at radius 1 is 0.864 bits per heavy atom. The number of oxime groups is 1. The molecule has 2 atom stereocenters. The lowest BCUT2D eigenvalue weighted by Crippen LogP contribution is -2.71. The van der Waals surface area contributed by atoms with Crippen LogP contribution in [0.4, 0.5) is 10.8 Å². The lowest BCUT2D eigenvalue weighted by atomic mass is 9.80. The third-order valence-corrected chi connectivity index (χ3v) is 12.2. The summed E-state index contributed by atoms with van der Waals surface area (Å²) in [5.41, 5.74) is 7.62. The number of nitrogens with zero attached hydrogens (tertiary/aromatic N) is 4. The molecule has 0 spiro atoms. The average molecular weight is 827 g/mol. The van der Waals surface area contributed by atoms with Crippen molar-refractivity contribution in [3.05, 3.63) is 172 Å². The van der Waals surface area contributed by atoms with Crippen LogP contribution in [-0.4, -0.2) is 79.2 Å². The fraction of sp³-hybridized carbons (Fsp3) is 0.140. The SMILES string of the molecule is Nc1nc(/C(=N/OC(c2ccccc2)(c2ccccc2)c2ccccc2)C(=O)N[C@@H]2C(=O)N3C(C(=O)O)=C(/C=C4\CCN(c5ccc(C(=O)O)cc5)C4=O)CS[C@H]23)cs1. The Hall–Kier alpha value is -7.04. The number of anilines is 2. The minimum Gasteiger partial charge on any atom is -0.478 e. The quantitative estimate of drug-likeness (QED) is 0.0421. The van der Waals surface area contributed by atoms with Gasteiger partial charge < -0.3 is 31.0 Å². The standard InChI is InChI=1S/C43H34N6O8S2/c44-42-45-32(24-59-42)33(47-57-43(28-10-4-1-5-11-28,29-12-6-2-7-13-29)30-14-8-3-9-15-30)36(50)46-34-38(52)49-35(41(55)56)27(23-58-39(34)49)22-26-20-21-48(37(26)51)31-18-16-25(17-19-31)40(53)54/h1-19,22,24,34,39H,20-21,23H2,(H2,44,45)(H,46,50)(H,53,54)(H,55,56)/b26-22+,47-33-/t34-,39-/m1/s1. The summed E-state index contributed by atoms with van der Waals surface area (Å²) in [6.07, 6.45) is 1.81. The number of β-lactam (4-membered cyclic amide) rings is 1. The fourth-order valence-electron chi connectivity index (χ4n) is 7.34. The Morgan fingerprint density at radius 2 is 1.46 bits per heavy atom. The van der Waals surface area contributed by atoms with Crippen LogP contribution in [0, 0.1) is 0 Å². The molecular formula is C43H34N6O8S2. The smallest absolute Gasteiger partial charge is 0.352 e. The van der Waals surface area contributed by atoms with Crippen molar-refractivity contribution in [3.63, 3.8) is 0 Å². The second-order valence-electron chi connectivity index (χ2n) is 13.6. The van der Waals surface area contributed by atoms with Gasteiger partial charge in [0, 0.05) is 45.6 Å². The van der Waals surface area contributed by atoms with Crippen LogP contribution in [-0.2, 0) is 29.6 Å². The number of hydrogen-bond acceptors (Lipinski definition) is 11. The average Bonchev–Trinajstić information content (AvgIpc) is 3.86. The number of rotatable bonds is 12. The lowest BCUT2D eigenvalue weighted by molar-refractivity contribution is -0.150. The van der Waals surface area contributed by atoms with Crippen molar-refractivity contribution in [2.45, 2.75) is 23.4 Å². The number of nitrogens with one attached hydrogen (secondary N) is 1. The van der Waals surface area contributed by atoms with Gasteiger partial charge in [0.15, 0.2) is 10.8 Å². The number of fused-ring (bicyclic) bond motifs is 1. The Morgan fingerprint density at radius 3 is 1.98 bits per heavy atom. The molecule has 0 saturated carbocycles. The molecule has 3 amide bonds. The Kier molecular flexibility index (Phi) is 10.6. The molecule has 0 bridgehead atoms. The molecular weight excluding hydrogens is 793 g/mol. The van der Waals surface area contributed by atoms with Crippen LogP contribution in [0.1, 0.15) is 39.2 Å². The van der Waals surface area contributed by atoms with Crippen LogP contribution < -0.4 is 16.0 Å². The molecule has 3 aliphatic heterocycles. The molecule has 8 rings (SSSR count). The predicted molar refractivity (Wildman–Crippen MR) is 221 cm³/mol. The first-order valence-corrected chi connectivity index (χ1v) is 20.2. The van der Waals surface area contributed by atoms with E-state index < -0.39 is 40.8 Å². The van der Waals surface area contributed by atoms with Gasteiger partial charge in [-0.15, -0.1) is 23.1 Å². The zero-order valence-corrected chi connectivity index (χ0v) is 32.6. The number of aromatic carboxylic acids is 1. The van der Waals surface area contributed by atoms with Crippen LogP contribution in [0.25, 0.3) is 0 Å². The maximum Gasteiger partial charge on any atom is 0.352 e. The van der Waals surface area contributed by atoms with Crippen LogP contribution >= 0.6 is 23.1 Å². The molecule has 0 aliphatic carbocycles. The monoisotopic (exact) mass is 826 g/mol. The molecule has 1 aromatic heterocycles. The fourth-order valence-corrected chi connectivity index (χ4v) is 9.20. The third-order valence-electron chi connectivity index (χ3n) is 10.2. The summed E-state index contributed by atoms with van der Waals surface area (Å²) in [7, 11) is 0. The van der Waals surface area contributed by atoms with Crippen molar-refractivity contribution in [3.8, 4) is 0 Å². The number of hydrogen-bond donors (Lipinski definition) is 4. The van der Waals surface area contributed by atoms with E-state index in [4.69, 9.17) is 10.6 Å². The number of carboxylic acids is 2. The van der Waals surface area contributed by atoms with Gasteiger partial charge in [-0.25, -0.2) is 14.6 Å². The van der Waals surface area contributed by atoms with Gasteiger partial charge in [0.2, 0.25) is 5.60 Å². The summed E-state index contributed by atoms with van der Waals surface area (Å²) in [4.78, 5) is 79.0. The van der Waals surface area contributed by atoms with Gasteiger partial charge in [0.05, 0.1) is 5.56 Å². The molecule has 2 saturated heterocycles. The molecule has 3 aliphatic rings. The van der Waals surface area contributed by atoms with Crippen LogP contribution in [0.5, 0.6) is 0 Å².